The number of nitrogens with zero attached hydrogens (tertiary/aromatic N) is 1. The monoisotopic (exact) mass is 310 g/mol. The van der Waals surface area contributed by atoms with Crippen LogP contribution in [0.4, 0.5) is 11.4 Å². The highest BCUT2D eigenvalue weighted by Crippen LogP contribution is 2.25. The van der Waals surface area contributed by atoms with Crippen LogP contribution in [0.2, 0.25) is 0 Å². The molecule has 0 spiro atoms. The SMILES string of the molecule is CCCN(C(=O)C1CCCCS1(=O)=O)c1ccc(N)cc1. The summed E-state index contributed by atoms with van der Waals surface area (Å²) in [7, 11) is -3.32. The van der Waals surface area contributed by atoms with Crippen molar-refractivity contribution in [1.29, 1.82) is 0 Å². The lowest BCUT2D eigenvalue weighted by Crippen LogP contribution is -2.45. The highest BCUT2D eigenvalue weighted by atomic mass is 32.2. The summed E-state index contributed by atoms with van der Waals surface area (Å²) in [5.74, 6) is -0.188. The van der Waals surface area contributed by atoms with Gasteiger partial charge in [-0.3, -0.25) is 4.79 Å². The third-order valence-corrected chi connectivity index (χ3v) is 5.93. The fourth-order valence-corrected chi connectivity index (χ4v) is 4.50. The van der Waals surface area contributed by atoms with E-state index in [1.807, 2.05) is 6.92 Å². The van der Waals surface area contributed by atoms with Crippen molar-refractivity contribution in [3.05, 3.63) is 24.3 Å². The van der Waals surface area contributed by atoms with Crippen LogP contribution in [0.1, 0.15) is 32.6 Å². The predicted octanol–water partition coefficient (Wildman–Crippen LogP) is 1.98. The van der Waals surface area contributed by atoms with Gasteiger partial charge < -0.3 is 10.6 Å². The van der Waals surface area contributed by atoms with E-state index < -0.39 is 15.1 Å². The van der Waals surface area contributed by atoms with E-state index in [1.54, 1.807) is 29.2 Å². The maximum absolute atomic E-state index is 12.7. The quantitative estimate of drug-likeness (QED) is 0.862. The van der Waals surface area contributed by atoms with E-state index in [0.717, 1.165) is 12.8 Å². The maximum Gasteiger partial charge on any atom is 0.245 e. The highest BCUT2D eigenvalue weighted by Gasteiger charge is 2.37. The van der Waals surface area contributed by atoms with Crippen molar-refractivity contribution in [3.63, 3.8) is 0 Å². The lowest BCUT2D eigenvalue weighted by Gasteiger charge is -2.29. The smallest absolute Gasteiger partial charge is 0.245 e. The standard InChI is InChI=1S/C15H22N2O3S/c1-2-10-17(13-8-6-12(16)7-9-13)15(18)14-5-3-4-11-21(14,19)20/h6-9,14H,2-5,10-11,16H2,1H3. The largest absolute Gasteiger partial charge is 0.399 e. The Morgan fingerprint density at radius 3 is 2.52 bits per heavy atom. The first-order valence-corrected chi connectivity index (χ1v) is 9.05. The Morgan fingerprint density at radius 1 is 1.29 bits per heavy atom. The molecule has 1 atom stereocenters. The summed E-state index contributed by atoms with van der Waals surface area (Å²) in [5, 5.41) is -0.893. The molecule has 5 nitrogen and oxygen atoms in total. The van der Waals surface area contributed by atoms with Gasteiger partial charge in [-0.25, -0.2) is 8.42 Å². The van der Waals surface area contributed by atoms with E-state index in [9.17, 15) is 13.2 Å². The second-order valence-electron chi connectivity index (χ2n) is 5.43. The van der Waals surface area contributed by atoms with Crippen molar-refractivity contribution < 1.29 is 13.2 Å². The first kappa shape index (κ1) is 15.8. The molecule has 2 N–H and O–H groups in total. The van der Waals surface area contributed by atoms with Crippen LogP contribution in [0.5, 0.6) is 0 Å². The number of anilines is 2. The number of hydrogen-bond donors (Lipinski definition) is 1. The van der Waals surface area contributed by atoms with Gasteiger partial charge in [-0.05, 0) is 43.5 Å². The summed E-state index contributed by atoms with van der Waals surface area (Å²) in [4.78, 5) is 14.3. The van der Waals surface area contributed by atoms with Gasteiger partial charge in [0.05, 0.1) is 5.75 Å². The molecule has 0 saturated carbocycles. The topological polar surface area (TPSA) is 80.5 Å². The first-order valence-electron chi connectivity index (χ1n) is 7.34. The van der Waals surface area contributed by atoms with Gasteiger partial charge >= 0.3 is 0 Å². The first-order chi connectivity index (χ1) is 9.95. The summed E-state index contributed by atoms with van der Waals surface area (Å²) < 4.78 is 24.3. The van der Waals surface area contributed by atoms with E-state index in [4.69, 9.17) is 5.73 Å². The molecule has 0 radical (unpaired) electrons. The number of carbonyl (C=O) groups excluding carboxylic acids is 1. The van der Waals surface area contributed by atoms with E-state index in [-0.39, 0.29) is 11.7 Å². The third-order valence-electron chi connectivity index (χ3n) is 3.77. The average Bonchev–Trinajstić information content (AvgIpc) is 2.45. The number of rotatable bonds is 4. The van der Waals surface area contributed by atoms with Crippen LogP contribution >= 0.6 is 0 Å². The number of hydrogen-bond acceptors (Lipinski definition) is 4. The van der Waals surface area contributed by atoms with Gasteiger partial charge in [0.25, 0.3) is 0 Å². The van der Waals surface area contributed by atoms with Gasteiger partial charge in [-0.2, -0.15) is 0 Å². The molecule has 1 amide bonds. The molecule has 116 valence electrons. The van der Waals surface area contributed by atoms with Crippen LogP contribution in [0.15, 0.2) is 24.3 Å². The summed E-state index contributed by atoms with van der Waals surface area (Å²) >= 11 is 0. The summed E-state index contributed by atoms with van der Waals surface area (Å²) in [6.45, 7) is 2.47. The van der Waals surface area contributed by atoms with Gasteiger partial charge in [-0.15, -0.1) is 0 Å². The second-order valence-corrected chi connectivity index (χ2v) is 7.74. The number of carbonyl (C=O) groups is 1. The Morgan fingerprint density at radius 2 is 1.95 bits per heavy atom. The number of nitrogens with two attached hydrogens (primary N) is 1. The molecule has 1 aliphatic rings. The fraction of sp³-hybridized carbons (Fsp3) is 0.533. The zero-order valence-electron chi connectivity index (χ0n) is 12.3. The molecule has 21 heavy (non-hydrogen) atoms. The van der Waals surface area contributed by atoms with Gasteiger partial charge in [0.15, 0.2) is 9.84 Å². The Bertz CT molecular complexity index is 596. The second kappa shape index (κ2) is 6.47. The molecule has 6 heteroatoms. The van der Waals surface area contributed by atoms with Gasteiger partial charge in [0.1, 0.15) is 5.25 Å². The predicted molar refractivity (Wildman–Crippen MR) is 84.9 cm³/mol. The molecule has 0 aromatic heterocycles. The fourth-order valence-electron chi connectivity index (χ4n) is 2.65. The molecular weight excluding hydrogens is 288 g/mol. The number of amides is 1. The third kappa shape index (κ3) is 3.56. The minimum Gasteiger partial charge on any atom is -0.399 e. The van der Waals surface area contributed by atoms with Crippen LogP contribution in [0.25, 0.3) is 0 Å². The van der Waals surface area contributed by atoms with E-state index in [0.29, 0.717) is 30.8 Å². The number of nitrogen functional groups attached to an aromatic ring is 1. The molecule has 1 fully saturated rings. The number of sulfone groups is 1. The normalized spacial score (nSPS) is 20.9. The minimum absolute atomic E-state index is 0.116. The van der Waals surface area contributed by atoms with Crippen LogP contribution < -0.4 is 10.6 Å². The van der Waals surface area contributed by atoms with Gasteiger partial charge in [0.2, 0.25) is 5.91 Å². The Hall–Kier alpha value is -1.56. The molecule has 1 aromatic rings. The lowest BCUT2D eigenvalue weighted by molar-refractivity contribution is -0.118. The Labute approximate surface area is 126 Å². The highest BCUT2D eigenvalue weighted by molar-refractivity contribution is 7.92. The molecule has 0 bridgehead atoms. The van der Waals surface area contributed by atoms with Crippen molar-refractivity contribution in [2.45, 2.75) is 37.9 Å². The van der Waals surface area contributed by atoms with Crippen LogP contribution in [-0.2, 0) is 14.6 Å². The van der Waals surface area contributed by atoms with Crippen LogP contribution in [-0.4, -0.2) is 31.9 Å². The molecule has 1 aliphatic heterocycles. The molecule has 1 saturated heterocycles. The lowest BCUT2D eigenvalue weighted by atomic mass is 10.1. The van der Waals surface area contributed by atoms with Gasteiger partial charge in [-0.1, -0.05) is 13.3 Å². The molecule has 1 unspecified atom stereocenters. The zero-order chi connectivity index (χ0) is 15.5. The summed E-state index contributed by atoms with van der Waals surface area (Å²) in [6, 6.07) is 6.97. The van der Waals surface area contributed by atoms with Crippen LogP contribution in [0.3, 0.4) is 0 Å². The average molecular weight is 310 g/mol. The molecular formula is C15H22N2O3S. The van der Waals surface area contributed by atoms with E-state index in [1.165, 1.54) is 0 Å². The zero-order valence-corrected chi connectivity index (χ0v) is 13.1. The van der Waals surface area contributed by atoms with Crippen molar-refractivity contribution in [2.24, 2.45) is 0 Å². The van der Waals surface area contributed by atoms with E-state index >= 15 is 0 Å². The summed E-state index contributed by atoms with van der Waals surface area (Å²) in [6.07, 6.45) is 2.64. The van der Waals surface area contributed by atoms with Crippen molar-refractivity contribution in [2.75, 3.05) is 22.9 Å². The summed E-state index contributed by atoms with van der Waals surface area (Å²) in [5.41, 5.74) is 6.99. The Kier molecular flexibility index (Phi) is 4.88. The van der Waals surface area contributed by atoms with Crippen molar-refractivity contribution in [3.8, 4) is 0 Å². The molecule has 1 aromatic carbocycles. The number of benzene rings is 1. The van der Waals surface area contributed by atoms with Crippen molar-refractivity contribution in [1.82, 2.24) is 0 Å². The minimum atomic E-state index is -3.32. The molecule has 1 heterocycles. The van der Waals surface area contributed by atoms with Gasteiger partial charge in [0, 0.05) is 17.9 Å². The molecule has 2 rings (SSSR count). The van der Waals surface area contributed by atoms with Crippen LogP contribution in [0, 0.1) is 0 Å². The maximum atomic E-state index is 12.7. The van der Waals surface area contributed by atoms with Crippen molar-refractivity contribution >= 4 is 27.1 Å². The van der Waals surface area contributed by atoms with E-state index in [2.05, 4.69) is 0 Å². The molecule has 0 aliphatic carbocycles. The Balaban J connectivity index is 2.29.